The number of rotatable bonds is 6. The van der Waals surface area contributed by atoms with Gasteiger partial charge in [-0.3, -0.25) is 0 Å². The normalized spacial score (nSPS) is 19.1. The second kappa shape index (κ2) is 9.87. The molecule has 1 saturated carbocycles. The van der Waals surface area contributed by atoms with Crippen molar-refractivity contribution >= 4 is 11.5 Å². The molecule has 3 N–H and O–H groups in total. The van der Waals surface area contributed by atoms with Crippen LogP contribution >= 0.6 is 0 Å². The summed E-state index contributed by atoms with van der Waals surface area (Å²) in [5, 5.41) is 26.6. The van der Waals surface area contributed by atoms with Gasteiger partial charge in [0.2, 0.25) is 0 Å². The summed E-state index contributed by atoms with van der Waals surface area (Å²) in [6.45, 7) is 8.94. The number of aryl methyl sites for hydroxylation is 1. The standard InChI is InChI=1S/C25H31N5O2/c1-18(27-25(31)21-10-6-7-11-22(21)26)16-24(29-12-14-32-15-13-29)30-19(2)17-23(28-30)20-8-4-3-5-9-20/h3-5,8-9,16-17,26-27,31H,1,6-7,10-15H2,2H3/b24-16-,25-21+,26-22?. The molecule has 0 amide bonds. The smallest absolute Gasteiger partial charge is 0.193 e. The minimum absolute atomic E-state index is 0.0273. The van der Waals surface area contributed by atoms with Gasteiger partial charge in [-0.05, 0) is 38.7 Å². The zero-order chi connectivity index (χ0) is 22.5. The highest BCUT2D eigenvalue weighted by atomic mass is 16.5. The number of nitrogens with zero attached hydrogens (tertiary/aromatic N) is 3. The van der Waals surface area contributed by atoms with E-state index in [4.69, 9.17) is 15.2 Å². The van der Waals surface area contributed by atoms with Crippen LogP contribution in [0.5, 0.6) is 0 Å². The summed E-state index contributed by atoms with van der Waals surface area (Å²) in [7, 11) is 0. The summed E-state index contributed by atoms with van der Waals surface area (Å²) in [6.07, 6.45) is 5.31. The first-order valence-corrected chi connectivity index (χ1v) is 11.2. The number of benzene rings is 1. The van der Waals surface area contributed by atoms with Gasteiger partial charge in [0.15, 0.2) is 5.88 Å². The SMILES string of the molecule is C=C(/C=C(/N1CCOCC1)n1nc(-c2ccccc2)cc1C)N/C(O)=C1/CCCCC1=N. The fourth-order valence-electron chi connectivity index (χ4n) is 4.12. The molecule has 32 heavy (non-hydrogen) atoms. The molecule has 168 valence electrons. The lowest BCUT2D eigenvalue weighted by Gasteiger charge is -2.31. The van der Waals surface area contributed by atoms with Crippen molar-refractivity contribution in [2.45, 2.75) is 32.6 Å². The third kappa shape index (κ3) is 4.94. The highest BCUT2D eigenvalue weighted by molar-refractivity contribution is 5.98. The van der Waals surface area contributed by atoms with Crippen LogP contribution in [0.3, 0.4) is 0 Å². The molecule has 1 aliphatic heterocycles. The Bertz CT molecular complexity index is 1050. The van der Waals surface area contributed by atoms with Gasteiger partial charge in [0.25, 0.3) is 0 Å². The van der Waals surface area contributed by atoms with Crippen molar-refractivity contribution in [3.8, 4) is 11.3 Å². The number of hydrogen-bond acceptors (Lipinski definition) is 6. The predicted molar refractivity (Wildman–Crippen MR) is 127 cm³/mol. The molecule has 2 fully saturated rings. The molecule has 1 aromatic carbocycles. The van der Waals surface area contributed by atoms with Gasteiger partial charge in [-0.15, -0.1) is 0 Å². The number of allylic oxidation sites excluding steroid dienone is 2. The molecule has 1 aliphatic carbocycles. The van der Waals surface area contributed by atoms with E-state index in [-0.39, 0.29) is 5.88 Å². The first-order chi connectivity index (χ1) is 15.5. The van der Waals surface area contributed by atoms with Crippen LogP contribution in [0.25, 0.3) is 17.1 Å². The Morgan fingerprint density at radius 3 is 2.62 bits per heavy atom. The van der Waals surface area contributed by atoms with Crippen LogP contribution in [0.1, 0.15) is 31.4 Å². The average molecular weight is 434 g/mol. The molecule has 7 heteroatoms. The lowest BCUT2D eigenvalue weighted by atomic mass is 9.93. The third-order valence-electron chi connectivity index (χ3n) is 5.85. The van der Waals surface area contributed by atoms with Crippen molar-refractivity contribution in [3.63, 3.8) is 0 Å². The van der Waals surface area contributed by atoms with Crippen LogP contribution in [0.4, 0.5) is 0 Å². The van der Waals surface area contributed by atoms with Crippen molar-refractivity contribution < 1.29 is 9.84 Å². The Morgan fingerprint density at radius 2 is 1.91 bits per heavy atom. The second-order valence-corrected chi connectivity index (χ2v) is 8.21. The second-order valence-electron chi connectivity index (χ2n) is 8.21. The largest absolute Gasteiger partial charge is 0.494 e. The maximum absolute atomic E-state index is 10.6. The predicted octanol–water partition coefficient (Wildman–Crippen LogP) is 4.46. The number of hydrogen-bond donors (Lipinski definition) is 3. The molecular weight excluding hydrogens is 402 g/mol. The molecule has 2 aromatic rings. The van der Waals surface area contributed by atoms with E-state index in [1.165, 1.54) is 0 Å². The first kappa shape index (κ1) is 21.9. The first-order valence-electron chi connectivity index (χ1n) is 11.2. The quantitative estimate of drug-likeness (QED) is 0.463. The van der Waals surface area contributed by atoms with Crippen LogP contribution in [0.2, 0.25) is 0 Å². The number of aliphatic hydroxyl groups is 1. The fourth-order valence-corrected chi connectivity index (χ4v) is 4.12. The fraction of sp³-hybridized carbons (Fsp3) is 0.360. The lowest BCUT2D eigenvalue weighted by molar-refractivity contribution is 0.0611. The van der Waals surface area contributed by atoms with E-state index in [1.807, 2.05) is 48.0 Å². The van der Waals surface area contributed by atoms with E-state index in [9.17, 15) is 5.11 Å². The topological polar surface area (TPSA) is 86.4 Å². The van der Waals surface area contributed by atoms with Crippen LogP contribution < -0.4 is 5.32 Å². The van der Waals surface area contributed by atoms with E-state index < -0.39 is 0 Å². The van der Waals surface area contributed by atoms with Crippen LogP contribution in [-0.4, -0.2) is 51.8 Å². The molecular formula is C25H31N5O2. The Labute approximate surface area is 189 Å². The van der Waals surface area contributed by atoms with Gasteiger partial charge in [-0.25, -0.2) is 4.68 Å². The van der Waals surface area contributed by atoms with E-state index in [1.54, 1.807) is 0 Å². The average Bonchev–Trinajstić information content (AvgIpc) is 3.20. The number of ether oxygens (including phenoxy) is 1. The number of morpholine rings is 1. The van der Waals surface area contributed by atoms with Crippen molar-refractivity contribution in [1.29, 1.82) is 5.41 Å². The minimum atomic E-state index is 0.0273. The van der Waals surface area contributed by atoms with Crippen molar-refractivity contribution in [2.75, 3.05) is 26.3 Å². The molecule has 0 spiro atoms. The highest BCUT2D eigenvalue weighted by Crippen LogP contribution is 2.25. The maximum atomic E-state index is 10.6. The van der Waals surface area contributed by atoms with Crippen molar-refractivity contribution in [3.05, 3.63) is 71.9 Å². The van der Waals surface area contributed by atoms with Crippen molar-refractivity contribution in [1.82, 2.24) is 20.0 Å². The Kier molecular flexibility index (Phi) is 6.75. The highest BCUT2D eigenvalue weighted by Gasteiger charge is 2.20. The van der Waals surface area contributed by atoms with Gasteiger partial charge < -0.3 is 25.5 Å². The molecule has 1 saturated heterocycles. The van der Waals surface area contributed by atoms with Gasteiger partial charge in [0, 0.05) is 47.4 Å². The molecule has 1 aromatic heterocycles. The van der Waals surface area contributed by atoms with Gasteiger partial charge in [-0.1, -0.05) is 36.9 Å². The Hall–Kier alpha value is -3.32. The van der Waals surface area contributed by atoms with Gasteiger partial charge in [-0.2, -0.15) is 5.10 Å². The van der Waals surface area contributed by atoms with E-state index in [0.717, 1.165) is 48.7 Å². The Morgan fingerprint density at radius 1 is 1.19 bits per heavy atom. The van der Waals surface area contributed by atoms with E-state index >= 15 is 0 Å². The monoisotopic (exact) mass is 433 g/mol. The van der Waals surface area contributed by atoms with Gasteiger partial charge in [0.05, 0.1) is 18.9 Å². The van der Waals surface area contributed by atoms with Crippen LogP contribution in [0, 0.1) is 12.3 Å². The summed E-state index contributed by atoms with van der Waals surface area (Å²) in [6, 6.07) is 12.2. The number of nitrogens with one attached hydrogen (secondary N) is 2. The maximum Gasteiger partial charge on any atom is 0.193 e. The molecule has 7 nitrogen and oxygen atoms in total. The van der Waals surface area contributed by atoms with Crippen LogP contribution in [-0.2, 0) is 4.74 Å². The number of aliphatic hydroxyl groups excluding tert-OH is 1. The zero-order valence-electron chi connectivity index (χ0n) is 18.6. The molecule has 0 radical (unpaired) electrons. The van der Waals surface area contributed by atoms with Gasteiger partial charge in [0.1, 0.15) is 5.82 Å². The van der Waals surface area contributed by atoms with E-state index in [0.29, 0.717) is 43.0 Å². The molecule has 2 aliphatic rings. The van der Waals surface area contributed by atoms with Crippen molar-refractivity contribution in [2.24, 2.45) is 0 Å². The molecule has 4 rings (SSSR count). The van der Waals surface area contributed by atoms with Gasteiger partial charge >= 0.3 is 0 Å². The third-order valence-corrected chi connectivity index (χ3v) is 5.85. The van der Waals surface area contributed by atoms with E-state index in [2.05, 4.69) is 22.9 Å². The number of aromatic nitrogens is 2. The molecule has 2 heterocycles. The molecule has 0 bridgehead atoms. The summed E-state index contributed by atoms with van der Waals surface area (Å²) in [5.74, 6) is 0.904. The minimum Gasteiger partial charge on any atom is -0.494 e. The Balaban J connectivity index is 1.65. The summed E-state index contributed by atoms with van der Waals surface area (Å²) in [5.41, 5.74) is 4.70. The summed E-state index contributed by atoms with van der Waals surface area (Å²) >= 11 is 0. The molecule has 0 unspecified atom stereocenters. The summed E-state index contributed by atoms with van der Waals surface area (Å²) < 4.78 is 7.47. The lowest BCUT2D eigenvalue weighted by Crippen LogP contribution is -2.37. The van der Waals surface area contributed by atoms with Crippen LogP contribution in [0.15, 0.2) is 66.2 Å². The molecule has 0 atom stereocenters. The zero-order valence-corrected chi connectivity index (χ0v) is 18.6. The summed E-state index contributed by atoms with van der Waals surface area (Å²) in [4.78, 5) is 2.22.